The fourth-order valence-corrected chi connectivity index (χ4v) is 2.65. The Morgan fingerprint density at radius 1 is 0.824 bits per heavy atom. The van der Waals surface area contributed by atoms with Crippen LogP contribution in [0.5, 0.6) is 40.2 Å². The molecule has 1 radical (unpaired) electrons. The summed E-state index contributed by atoms with van der Waals surface area (Å²) in [6, 6.07) is 9.58. The molecule has 0 saturated carbocycles. The maximum atomic E-state index is 14.8. The second-order valence-electron chi connectivity index (χ2n) is 6.30. The third kappa shape index (κ3) is 6.47. The zero-order valence-corrected chi connectivity index (χ0v) is 17.0. The summed E-state index contributed by atoms with van der Waals surface area (Å²) >= 11 is 0. The van der Waals surface area contributed by atoms with Crippen molar-refractivity contribution in [2.45, 2.75) is 13.0 Å². The van der Waals surface area contributed by atoms with E-state index in [4.69, 9.17) is 14.2 Å². The zero-order valence-electron chi connectivity index (χ0n) is 17.0. The van der Waals surface area contributed by atoms with Crippen LogP contribution < -0.4 is 23.7 Å². The zero-order chi connectivity index (χ0) is 24.9. The predicted octanol–water partition coefficient (Wildman–Crippen LogP) is 6.38. The topological polar surface area (TPSA) is 63.2 Å². The Morgan fingerprint density at radius 3 is 2.06 bits per heavy atom. The van der Waals surface area contributed by atoms with E-state index in [0.717, 1.165) is 31.4 Å². The van der Waals surface area contributed by atoms with Crippen LogP contribution in [0.4, 0.5) is 26.3 Å². The van der Waals surface area contributed by atoms with Gasteiger partial charge in [-0.2, -0.15) is 8.78 Å². The second-order valence-corrected chi connectivity index (χ2v) is 6.30. The number of benzene rings is 3. The van der Waals surface area contributed by atoms with Crippen molar-refractivity contribution in [3.05, 3.63) is 66.0 Å². The summed E-state index contributed by atoms with van der Waals surface area (Å²) < 4.78 is 101. The summed E-state index contributed by atoms with van der Waals surface area (Å²) in [5, 5.41) is 0. The van der Waals surface area contributed by atoms with Gasteiger partial charge in [-0.05, 0) is 36.4 Å². The lowest BCUT2D eigenvalue weighted by Gasteiger charge is -2.17. The Balaban J connectivity index is 2.00. The van der Waals surface area contributed by atoms with E-state index in [0.29, 0.717) is 6.07 Å². The van der Waals surface area contributed by atoms with Gasteiger partial charge in [0.25, 0.3) is 0 Å². The van der Waals surface area contributed by atoms with Gasteiger partial charge in [0, 0.05) is 23.8 Å². The molecule has 0 N–H and O–H groups in total. The highest BCUT2D eigenvalue weighted by Crippen LogP contribution is 2.43. The number of methoxy groups -OCH3 is 1. The molecule has 0 fully saturated rings. The molecule has 0 aromatic heterocycles. The van der Waals surface area contributed by atoms with E-state index in [9.17, 15) is 31.1 Å². The first-order valence-corrected chi connectivity index (χ1v) is 9.14. The van der Waals surface area contributed by atoms with Crippen molar-refractivity contribution in [2.75, 3.05) is 7.11 Å². The SMILES string of the molecule is COc1cc(OC(F)(F)F)ccc1Oc1cc(OC(F)F)cc(F)c1Oc1ccc([C]=O)cc1. The van der Waals surface area contributed by atoms with Crippen LogP contribution in [0.2, 0.25) is 0 Å². The lowest BCUT2D eigenvalue weighted by atomic mass is 10.2. The molecule has 0 amide bonds. The molecule has 12 heteroatoms. The van der Waals surface area contributed by atoms with Crippen molar-refractivity contribution in [3.8, 4) is 40.2 Å². The summed E-state index contributed by atoms with van der Waals surface area (Å²) in [4.78, 5) is 10.7. The molecule has 6 nitrogen and oxygen atoms in total. The molecule has 0 bridgehead atoms. The fourth-order valence-electron chi connectivity index (χ4n) is 2.65. The molecule has 3 aromatic carbocycles. The lowest BCUT2D eigenvalue weighted by Crippen LogP contribution is -2.17. The van der Waals surface area contributed by atoms with E-state index in [2.05, 4.69) is 9.47 Å². The third-order valence-corrected chi connectivity index (χ3v) is 3.99. The molecule has 0 aliphatic carbocycles. The Morgan fingerprint density at radius 2 is 1.47 bits per heavy atom. The second kappa shape index (κ2) is 10.2. The quantitative estimate of drug-likeness (QED) is 0.327. The molecule has 0 atom stereocenters. The van der Waals surface area contributed by atoms with E-state index in [-0.39, 0.29) is 22.8 Å². The molecule has 0 heterocycles. The van der Waals surface area contributed by atoms with E-state index in [1.807, 2.05) is 0 Å². The molecule has 0 aliphatic rings. The molecule has 179 valence electrons. The maximum Gasteiger partial charge on any atom is 0.573 e. The van der Waals surface area contributed by atoms with Crippen LogP contribution in [0.1, 0.15) is 5.56 Å². The van der Waals surface area contributed by atoms with Crippen LogP contribution in [0, 0.1) is 5.82 Å². The van der Waals surface area contributed by atoms with Gasteiger partial charge in [0.15, 0.2) is 23.1 Å². The fraction of sp³-hybridized carbons (Fsp3) is 0.136. The maximum absolute atomic E-state index is 14.8. The lowest BCUT2D eigenvalue weighted by molar-refractivity contribution is -0.274. The van der Waals surface area contributed by atoms with Gasteiger partial charge >= 0.3 is 13.0 Å². The molecule has 3 aromatic rings. The smallest absolute Gasteiger partial charge is 0.493 e. The summed E-state index contributed by atoms with van der Waals surface area (Å²) in [7, 11) is 1.12. The van der Waals surface area contributed by atoms with Gasteiger partial charge in [0.2, 0.25) is 12.0 Å². The molecular weight excluding hydrogens is 474 g/mol. The molecule has 0 unspecified atom stereocenters. The first kappa shape index (κ1) is 24.6. The highest BCUT2D eigenvalue weighted by Gasteiger charge is 2.31. The molecule has 0 aliphatic heterocycles. The van der Waals surface area contributed by atoms with Gasteiger partial charge in [-0.1, -0.05) is 0 Å². The van der Waals surface area contributed by atoms with Crippen LogP contribution in [0.15, 0.2) is 54.6 Å². The van der Waals surface area contributed by atoms with Crippen LogP contribution in [-0.2, 0) is 4.79 Å². The molecule has 3 rings (SSSR count). The monoisotopic (exact) mass is 487 g/mol. The van der Waals surface area contributed by atoms with Crippen molar-refractivity contribution in [2.24, 2.45) is 0 Å². The molecular formula is C22H13F6O6. The average molecular weight is 487 g/mol. The standard InChI is InChI=1S/C22H13F6O6/c1-30-18-9-14(34-22(26,27)28)6-7-17(18)33-19-10-15(32-21(24)25)8-16(23)20(19)31-13-4-2-12(11-29)3-5-13/h2-10,21H,1H3. The number of ether oxygens (including phenoxy) is 5. The van der Waals surface area contributed by atoms with Crippen molar-refractivity contribution >= 4 is 6.29 Å². The number of carbonyl (C=O) groups excluding carboxylic acids is 1. The number of hydrogen-bond acceptors (Lipinski definition) is 6. The van der Waals surface area contributed by atoms with Gasteiger partial charge in [-0.3, -0.25) is 4.79 Å². The first-order valence-electron chi connectivity index (χ1n) is 9.14. The number of hydrogen-bond donors (Lipinski definition) is 0. The minimum Gasteiger partial charge on any atom is -0.493 e. The minimum atomic E-state index is -4.96. The molecule has 0 saturated heterocycles. The minimum absolute atomic E-state index is 0.0474. The highest BCUT2D eigenvalue weighted by atomic mass is 19.4. The van der Waals surface area contributed by atoms with Crippen LogP contribution >= 0.6 is 0 Å². The highest BCUT2D eigenvalue weighted by molar-refractivity contribution is 5.75. The van der Waals surface area contributed by atoms with Crippen molar-refractivity contribution in [1.29, 1.82) is 0 Å². The van der Waals surface area contributed by atoms with E-state index in [1.165, 1.54) is 24.3 Å². The van der Waals surface area contributed by atoms with Crippen molar-refractivity contribution < 1.29 is 54.8 Å². The molecule has 34 heavy (non-hydrogen) atoms. The predicted molar refractivity (Wildman–Crippen MR) is 104 cm³/mol. The van der Waals surface area contributed by atoms with Gasteiger partial charge in [-0.25, -0.2) is 4.39 Å². The van der Waals surface area contributed by atoms with Crippen LogP contribution in [-0.4, -0.2) is 26.4 Å². The molecule has 0 spiro atoms. The van der Waals surface area contributed by atoms with E-state index < -0.39 is 41.8 Å². The normalized spacial score (nSPS) is 11.2. The Kier molecular flexibility index (Phi) is 7.39. The number of rotatable bonds is 9. The Bertz CT molecular complexity index is 1150. The average Bonchev–Trinajstić information content (AvgIpc) is 2.76. The summed E-state index contributed by atoms with van der Waals surface area (Å²) in [6.45, 7) is -3.28. The largest absolute Gasteiger partial charge is 0.573 e. The van der Waals surface area contributed by atoms with Crippen LogP contribution in [0.25, 0.3) is 0 Å². The van der Waals surface area contributed by atoms with E-state index in [1.54, 1.807) is 6.29 Å². The van der Waals surface area contributed by atoms with Gasteiger partial charge in [0.1, 0.15) is 17.2 Å². The van der Waals surface area contributed by atoms with Gasteiger partial charge < -0.3 is 23.7 Å². The Labute approximate surface area is 188 Å². The number of halogens is 6. The van der Waals surface area contributed by atoms with Crippen molar-refractivity contribution in [1.82, 2.24) is 0 Å². The van der Waals surface area contributed by atoms with Crippen LogP contribution in [0.3, 0.4) is 0 Å². The summed E-state index contributed by atoms with van der Waals surface area (Å²) in [5.74, 6) is -3.86. The first-order chi connectivity index (χ1) is 16.1. The summed E-state index contributed by atoms with van der Waals surface area (Å²) in [5.41, 5.74) is 0.191. The van der Waals surface area contributed by atoms with Gasteiger partial charge in [0.05, 0.1) is 7.11 Å². The van der Waals surface area contributed by atoms with Crippen molar-refractivity contribution in [3.63, 3.8) is 0 Å². The summed E-state index contributed by atoms with van der Waals surface area (Å²) in [6.07, 6.45) is -3.32. The number of alkyl halides is 5. The van der Waals surface area contributed by atoms with Gasteiger partial charge in [-0.15, -0.1) is 13.2 Å². The Hall–Kier alpha value is -4.09. The van der Waals surface area contributed by atoms with E-state index >= 15 is 0 Å². The third-order valence-electron chi connectivity index (χ3n) is 3.99.